The summed E-state index contributed by atoms with van der Waals surface area (Å²) in [6.45, 7) is -1.19. The van der Waals surface area contributed by atoms with Crippen LogP contribution >= 0.6 is 7.60 Å². The summed E-state index contributed by atoms with van der Waals surface area (Å²) in [5.74, 6) is -2.61. The van der Waals surface area contributed by atoms with E-state index in [0.717, 1.165) is 0 Å². The van der Waals surface area contributed by atoms with Crippen molar-refractivity contribution in [1.29, 1.82) is 0 Å². The van der Waals surface area contributed by atoms with Crippen LogP contribution in [-0.4, -0.2) is 56.1 Å². The second-order valence-corrected chi connectivity index (χ2v) is 4.31. The van der Waals surface area contributed by atoms with E-state index in [2.05, 4.69) is 0 Å². The third-order valence-corrected chi connectivity index (χ3v) is 2.16. The molecule has 0 amide bonds. The van der Waals surface area contributed by atoms with Gasteiger partial charge in [0.15, 0.2) is 0 Å². The summed E-state index contributed by atoms with van der Waals surface area (Å²) in [6.07, 6.45) is 0. The fraction of sp³-hybridized carbons (Fsp3) is 0.800. The maximum absolute atomic E-state index is 9.97. The first-order chi connectivity index (χ1) is 6.66. The van der Waals surface area contributed by atoms with Gasteiger partial charge in [0.1, 0.15) is 11.8 Å². The SMILES string of the molecule is NC(CO)P(=O)(O)O.N[C@@H](CO)C(=O)O. The van der Waals surface area contributed by atoms with Crippen molar-refractivity contribution in [3.05, 3.63) is 0 Å². The van der Waals surface area contributed by atoms with Crippen LogP contribution in [0.15, 0.2) is 0 Å². The Kier molecular flexibility index (Phi) is 8.68. The van der Waals surface area contributed by atoms with Crippen LogP contribution in [0.3, 0.4) is 0 Å². The van der Waals surface area contributed by atoms with Gasteiger partial charge in [0.25, 0.3) is 0 Å². The van der Waals surface area contributed by atoms with E-state index in [4.69, 9.17) is 36.6 Å². The standard InChI is InChI=1S/C3H7NO3.C2H8NO4P/c4-2(1-5)3(6)7;3-2(1-4)8(5,6)7/h2,5H,1,4H2,(H,6,7);2,4H,1,3H2,(H2,5,6,7)/t2-;/m0./s1. The number of nitrogens with two attached hydrogens (primary N) is 2. The highest BCUT2D eigenvalue weighted by Crippen LogP contribution is 2.37. The first-order valence-corrected chi connectivity index (χ1v) is 5.35. The van der Waals surface area contributed by atoms with Crippen LogP contribution in [0.4, 0.5) is 0 Å². The topological polar surface area (TPSA) is 187 Å². The number of rotatable bonds is 4. The lowest BCUT2D eigenvalue weighted by molar-refractivity contribution is -0.139. The summed E-state index contributed by atoms with van der Waals surface area (Å²) in [6, 6.07) is -1.13. The van der Waals surface area contributed by atoms with Gasteiger partial charge in [-0.3, -0.25) is 9.36 Å². The molecule has 0 radical (unpaired) electrons. The molecule has 0 aliphatic rings. The lowest BCUT2D eigenvalue weighted by Gasteiger charge is -2.08. The predicted molar refractivity (Wildman–Crippen MR) is 49.8 cm³/mol. The van der Waals surface area contributed by atoms with Crippen molar-refractivity contribution >= 4 is 13.6 Å². The Hall–Kier alpha value is -0.540. The monoisotopic (exact) mass is 246 g/mol. The molecule has 0 spiro atoms. The van der Waals surface area contributed by atoms with Crippen molar-refractivity contribution in [3.63, 3.8) is 0 Å². The smallest absolute Gasteiger partial charge is 0.344 e. The number of carbonyl (C=O) groups is 1. The van der Waals surface area contributed by atoms with E-state index >= 15 is 0 Å². The number of hydrogen-bond donors (Lipinski definition) is 7. The molecule has 0 aromatic heterocycles. The molecule has 0 bridgehead atoms. The number of aliphatic hydroxyl groups excluding tert-OH is 2. The van der Waals surface area contributed by atoms with Gasteiger partial charge in [-0.15, -0.1) is 0 Å². The molecule has 0 saturated carbocycles. The van der Waals surface area contributed by atoms with Gasteiger partial charge in [-0.2, -0.15) is 0 Å². The summed E-state index contributed by atoms with van der Waals surface area (Å²) in [5.41, 5.74) is 9.50. The second kappa shape index (κ2) is 7.71. The Morgan fingerprint density at radius 2 is 1.60 bits per heavy atom. The normalized spacial score (nSPS) is 14.8. The van der Waals surface area contributed by atoms with Crippen LogP contribution < -0.4 is 11.5 Å². The molecular weight excluding hydrogens is 231 g/mol. The molecule has 2 atom stereocenters. The van der Waals surface area contributed by atoms with Crippen LogP contribution in [0.25, 0.3) is 0 Å². The summed E-state index contributed by atoms with van der Waals surface area (Å²) in [4.78, 5) is 25.9. The number of carboxylic acids is 1. The molecular formula is C5H15N2O7P. The highest BCUT2D eigenvalue weighted by atomic mass is 31.2. The van der Waals surface area contributed by atoms with Gasteiger partial charge in [-0.05, 0) is 0 Å². The van der Waals surface area contributed by atoms with Crippen LogP contribution in [-0.2, 0) is 9.36 Å². The molecule has 1 unspecified atom stereocenters. The molecule has 92 valence electrons. The Morgan fingerprint density at radius 1 is 1.20 bits per heavy atom. The first kappa shape index (κ1) is 16.9. The van der Waals surface area contributed by atoms with Crippen LogP contribution in [0.5, 0.6) is 0 Å². The molecule has 9 N–H and O–H groups in total. The average molecular weight is 246 g/mol. The van der Waals surface area contributed by atoms with Crippen molar-refractivity contribution in [2.24, 2.45) is 11.5 Å². The quantitative estimate of drug-likeness (QED) is 0.251. The Balaban J connectivity index is 0. The van der Waals surface area contributed by atoms with E-state index < -0.39 is 38.6 Å². The third-order valence-electron chi connectivity index (χ3n) is 1.13. The zero-order chi connectivity index (χ0) is 12.6. The summed E-state index contributed by atoms with van der Waals surface area (Å²) >= 11 is 0. The number of aliphatic carboxylic acids is 1. The second-order valence-electron chi connectivity index (χ2n) is 2.47. The van der Waals surface area contributed by atoms with Crippen LogP contribution in [0.1, 0.15) is 0 Å². The Morgan fingerprint density at radius 3 is 1.60 bits per heavy atom. The molecule has 10 heteroatoms. The van der Waals surface area contributed by atoms with Gasteiger partial charge in [0.05, 0.1) is 13.2 Å². The molecule has 9 nitrogen and oxygen atoms in total. The first-order valence-electron chi connectivity index (χ1n) is 3.67. The summed E-state index contributed by atoms with van der Waals surface area (Å²) in [5, 5.41) is 23.9. The van der Waals surface area contributed by atoms with Crippen LogP contribution in [0, 0.1) is 0 Å². The molecule has 0 aliphatic heterocycles. The number of carboxylic acid groups (broad SMARTS) is 1. The highest BCUT2D eigenvalue weighted by Gasteiger charge is 2.22. The predicted octanol–water partition coefficient (Wildman–Crippen LogP) is -3.17. The van der Waals surface area contributed by atoms with E-state index in [-0.39, 0.29) is 0 Å². The van der Waals surface area contributed by atoms with Crippen molar-refractivity contribution < 1.29 is 34.5 Å². The molecule has 0 saturated heterocycles. The summed E-state index contributed by atoms with van der Waals surface area (Å²) < 4.78 is 9.97. The van der Waals surface area contributed by atoms with E-state index in [1.165, 1.54) is 0 Å². The minimum absolute atomic E-state index is 0.505. The zero-order valence-corrected chi connectivity index (χ0v) is 8.62. The molecule has 0 heterocycles. The summed E-state index contributed by atoms with van der Waals surface area (Å²) in [7, 11) is -4.23. The molecule has 0 aromatic carbocycles. The van der Waals surface area contributed by atoms with Gasteiger partial charge < -0.3 is 36.6 Å². The van der Waals surface area contributed by atoms with Gasteiger partial charge in [0, 0.05) is 0 Å². The van der Waals surface area contributed by atoms with Crippen LogP contribution in [0.2, 0.25) is 0 Å². The molecule has 0 rings (SSSR count). The van der Waals surface area contributed by atoms with Crippen molar-refractivity contribution in [3.8, 4) is 0 Å². The highest BCUT2D eigenvalue weighted by molar-refractivity contribution is 7.52. The number of hydrogen-bond acceptors (Lipinski definition) is 6. The maximum Gasteiger partial charge on any atom is 0.344 e. The molecule has 0 aliphatic carbocycles. The molecule has 0 fully saturated rings. The largest absolute Gasteiger partial charge is 0.480 e. The fourth-order valence-electron chi connectivity index (χ4n) is 0.184. The lowest BCUT2D eigenvalue weighted by atomic mass is 10.3. The van der Waals surface area contributed by atoms with Crippen molar-refractivity contribution in [1.82, 2.24) is 0 Å². The zero-order valence-electron chi connectivity index (χ0n) is 7.72. The maximum atomic E-state index is 9.97. The van der Waals surface area contributed by atoms with Crippen molar-refractivity contribution in [2.45, 2.75) is 11.8 Å². The minimum atomic E-state index is -4.23. The van der Waals surface area contributed by atoms with Crippen molar-refractivity contribution in [2.75, 3.05) is 13.2 Å². The fourth-order valence-corrected chi connectivity index (χ4v) is 0.397. The van der Waals surface area contributed by atoms with E-state index in [9.17, 15) is 9.36 Å². The molecule has 15 heavy (non-hydrogen) atoms. The lowest BCUT2D eigenvalue weighted by Crippen LogP contribution is -2.33. The Labute approximate surface area is 85.5 Å². The van der Waals surface area contributed by atoms with Gasteiger partial charge in [-0.1, -0.05) is 0 Å². The molecule has 0 aromatic rings. The van der Waals surface area contributed by atoms with E-state index in [1.807, 2.05) is 0 Å². The Bertz CT molecular complexity index is 229. The minimum Gasteiger partial charge on any atom is -0.480 e. The number of aliphatic hydroxyl groups is 2. The van der Waals surface area contributed by atoms with E-state index in [0.29, 0.717) is 0 Å². The van der Waals surface area contributed by atoms with Gasteiger partial charge in [-0.25, -0.2) is 0 Å². The van der Waals surface area contributed by atoms with E-state index in [1.54, 1.807) is 0 Å². The third kappa shape index (κ3) is 9.76. The van der Waals surface area contributed by atoms with Gasteiger partial charge in [0.2, 0.25) is 0 Å². The average Bonchev–Trinajstić information content (AvgIpc) is 2.14. The van der Waals surface area contributed by atoms with Gasteiger partial charge >= 0.3 is 13.6 Å².